The Labute approximate surface area is 258 Å². The summed E-state index contributed by atoms with van der Waals surface area (Å²) < 4.78 is 31.2. The van der Waals surface area contributed by atoms with Crippen molar-refractivity contribution in [3.63, 3.8) is 0 Å². The van der Waals surface area contributed by atoms with E-state index in [4.69, 9.17) is 28.4 Å². The van der Waals surface area contributed by atoms with Gasteiger partial charge in [0.05, 0.1) is 52.9 Å². The summed E-state index contributed by atoms with van der Waals surface area (Å²) >= 11 is 0. The monoisotopic (exact) mass is 628 g/mol. The van der Waals surface area contributed by atoms with Crippen molar-refractivity contribution in [2.45, 2.75) is 32.4 Å². The zero-order chi connectivity index (χ0) is 32.4. The highest BCUT2D eigenvalue weighted by Gasteiger charge is 2.22. The van der Waals surface area contributed by atoms with E-state index in [1.165, 1.54) is 12.1 Å². The molecule has 0 saturated carbocycles. The van der Waals surface area contributed by atoms with Gasteiger partial charge < -0.3 is 54.8 Å². The number of phenolic OH excluding ortho intramolecular Hbond substituents is 1. The highest BCUT2D eigenvalue weighted by atomic mass is 16.5. The molecular formula is C29H48N4O11. The van der Waals surface area contributed by atoms with E-state index in [-0.39, 0.29) is 95.3 Å². The minimum Gasteiger partial charge on any atom is -0.508 e. The zero-order valence-corrected chi connectivity index (χ0v) is 25.9. The SMILES string of the molecule is COCCOCC(=O)NCCOCCOCC(=O)NCCOCCOCC(=O)N[C@@H](Cc1ccc(O)cc1)C(=O)NC(C)C. The maximum Gasteiger partial charge on any atom is 0.246 e. The molecule has 0 saturated heterocycles. The summed E-state index contributed by atoms with van der Waals surface area (Å²) in [4.78, 5) is 48.2. The summed E-state index contributed by atoms with van der Waals surface area (Å²) in [6.07, 6.45) is 0.256. The number of ether oxygens (including phenoxy) is 6. The molecule has 0 radical (unpaired) electrons. The fourth-order valence-electron chi connectivity index (χ4n) is 3.40. The summed E-state index contributed by atoms with van der Waals surface area (Å²) in [6, 6.07) is 5.52. The minimum absolute atomic E-state index is 0.0366. The smallest absolute Gasteiger partial charge is 0.246 e. The second-order valence-electron chi connectivity index (χ2n) is 9.73. The number of aromatic hydroxyl groups is 1. The predicted molar refractivity (Wildman–Crippen MR) is 159 cm³/mol. The number of hydrogen-bond donors (Lipinski definition) is 5. The number of nitrogens with one attached hydrogen (secondary N) is 4. The number of benzene rings is 1. The van der Waals surface area contributed by atoms with Gasteiger partial charge in [-0.3, -0.25) is 19.2 Å². The molecule has 0 heterocycles. The molecule has 1 atom stereocenters. The van der Waals surface area contributed by atoms with E-state index in [0.717, 1.165) is 5.56 Å². The Hall–Kier alpha value is -3.34. The molecule has 0 unspecified atom stereocenters. The lowest BCUT2D eigenvalue weighted by atomic mass is 10.0. The molecule has 0 aliphatic rings. The number of amides is 4. The number of phenols is 1. The van der Waals surface area contributed by atoms with E-state index in [9.17, 15) is 24.3 Å². The van der Waals surface area contributed by atoms with E-state index in [1.54, 1.807) is 19.2 Å². The molecule has 5 N–H and O–H groups in total. The van der Waals surface area contributed by atoms with Gasteiger partial charge in [0.15, 0.2) is 0 Å². The molecule has 0 fully saturated rings. The third kappa shape index (κ3) is 21.4. The first-order valence-electron chi connectivity index (χ1n) is 14.5. The lowest BCUT2D eigenvalue weighted by molar-refractivity contribution is -0.132. The van der Waals surface area contributed by atoms with Gasteiger partial charge in [-0.1, -0.05) is 12.1 Å². The van der Waals surface area contributed by atoms with Crippen molar-refractivity contribution in [2.24, 2.45) is 0 Å². The average molecular weight is 629 g/mol. The molecule has 0 aromatic heterocycles. The first-order valence-corrected chi connectivity index (χ1v) is 14.5. The molecule has 44 heavy (non-hydrogen) atoms. The van der Waals surface area contributed by atoms with Crippen LogP contribution < -0.4 is 21.3 Å². The van der Waals surface area contributed by atoms with Gasteiger partial charge in [0.1, 0.15) is 31.6 Å². The van der Waals surface area contributed by atoms with Crippen molar-refractivity contribution in [3.05, 3.63) is 29.8 Å². The van der Waals surface area contributed by atoms with Crippen molar-refractivity contribution in [3.8, 4) is 5.75 Å². The van der Waals surface area contributed by atoms with E-state index >= 15 is 0 Å². The van der Waals surface area contributed by atoms with Crippen LogP contribution in [0.1, 0.15) is 19.4 Å². The third-order valence-electron chi connectivity index (χ3n) is 5.47. The van der Waals surface area contributed by atoms with E-state index in [2.05, 4.69) is 21.3 Å². The van der Waals surface area contributed by atoms with Crippen molar-refractivity contribution < 1.29 is 52.7 Å². The Morgan fingerprint density at radius 1 is 0.659 bits per heavy atom. The zero-order valence-electron chi connectivity index (χ0n) is 25.9. The number of carbonyl (C=O) groups is 4. The molecule has 4 amide bonds. The van der Waals surface area contributed by atoms with Crippen LogP contribution in [0.15, 0.2) is 24.3 Å². The summed E-state index contributed by atoms with van der Waals surface area (Å²) in [6.45, 7) is 6.06. The second-order valence-corrected chi connectivity index (χ2v) is 9.73. The van der Waals surface area contributed by atoms with Crippen LogP contribution in [0.25, 0.3) is 0 Å². The molecule has 0 bridgehead atoms. The molecule has 250 valence electrons. The Balaban J connectivity index is 2.04. The predicted octanol–water partition coefficient (Wildman–Crippen LogP) is -1.09. The fraction of sp³-hybridized carbons (Fsp3) is 0.655. The van der Waals surface area contributed by atoms with Gasteiger partial charge in [-0.2, -0.15) is 0 Å². The molecule has 0 aliphatic carbocycles. The standard InChI is InChI=1S/C29H48N4O11/c1-22(2)32-29(38)25(18-23-4-6-24(34)7-5-23)33-28(37)21-44-17-15-41-11-9-31-27(36)20-43-16-14-40-10-8-30-26(35)19-42-13-12-39-3/h4-7,22,25,34H,8-21H2,1-3H3,(H,30,35)(H,31,36)(H,32,38)(H,33,37)/t25-/m0/s1. The summed E-state index contributed by atoms with van der Waals surface area (Å²) in [5, 5.41) is 20.2. The molecule has 1 rings (SSSR count). The summed E-state index contributed by atoms with van der Waals surface area (Å²) in [5.41, 5.74) is 0.782. The first kappa shape index (κ1) is 38.7. The molecule has 1 aromatic rings. The van der Waals surface area contributed by atoms with Crippen LogP contribution >= 0.6 is 0 Å². The Bertz CT molecular complexity index is 948. The van der Waals surface area contributed by atoms with Gasteiger partial charge >= 0.3 is 0 Å². The van der Waals surface area contributed by atoms with Crippen LogP contribution in [-0.2, 0) is 54.0 Å². The Morgan fingerprint density at radius 3 is 1.64 bits per heavy atom. The third-order valence-corrected chi connectivity index (χ3v) is 5.47. The van der Waals surface area contributed by atoms with Gasteiger partial charge in [0.25, 0.3) is 0 Å². The lowest BCUT2D eigenvalue weighted by Gasteiger charge is -2.20. The molecule has 0 spiro atoms. The van der Waals surface area contributed by atoms with Crippen LogP contribution in [0.4, 0.5) is 0 Å². The molecule has 0 aliphatic heterocycles. The second kappa shape index (κ2) is 25.0. The van der Waals surface area contributed by atoms with Crippen molar-refractivity contribution in [2.75, 3.05) is 92.9 Å². The van der Waals surface area contributed by atoms with Crippen LogP contribution in [0.2, 0.25) is 0 Å². The number of hydrogen-bond acceptors (Lipinski definition) is 11. The lowest BCUT2D eigenvalue weighted by Crippen LogP contribution is -2.50. The van der Waals surface area contributed by atoms with Gasteiger partial charge in [-0.15, -0.1) is 0 Å². The van der Waals surface area contributed by atoms with Gasteiger partial charge in [-0.05, 0) is 31.5 Å². The van der Waals surface area contributed by atoms with Crippen LogP contribution in [0, 0.1) is 0 Å². The Kier molecular flexibility index (Phi) is 22.0. The summed E-state index contributed by atoms with van der Waals surface area (Å²) in [7, 11) is 1.55. The number of rotatable bonds is 26. The van der Waals surface area contributed by atoms with Gasteiger partial charge in [-0.25, -0.2) is 0 Å². The molecule has 15 heteroatoms. The Morgan fingerprint density at radius 2 is 1.14 bits per heavy atom. The van der Waals surface area contributed by atoms with E-state index in [0.29, 0.717) is 26.4 Å². The highest BCUT2D eigenvalue weighted by molar-refractivity contribution is 5.88. The van der Waals surface area contributed by atoms with Crippen molar-refractivity contribution in [1.82, 2.24) is 21.3 Å². The van der Waals surface area contributed by atoms with E-state index < -0.39 is 11.9 Å². The van der Waals surface area contributed by atoms with Crippen molar-refractivity contribution in [1.29, 1.82) is 0 Å². The van der Waals surface area contributed by atoms with E-state index in [1.807, 2.05) is 13.8 Å². The first-order chi connectivity index (χ1) is 21.2. The topological polar surface area (TPSA) is 192 Å². The molecule has 15 nitrogen and oxygen atoms in total. The minimum atomic E-state index is -0.800. The van der Waals surface area contributed by atoms with Crippen LogP contribution in [0.5, 0.6) is 5.75 Å². The quantitative estimate of drug-likeness (QED) is 0.0783. The molecular weight excluding hydrogens is 580 g/mol. The van der Waals surface area contributed by atoms with Gasteiger partial charge in [0, 0.05) is 32.7 Å². The average Bonchev–Trinajstić information content (AvgIpc) is 2.98. The highest BCUT2D eigenvalue weighted by Crippen LogP contribution is 2.11. The maximum absolute atomic E-state index is 12.6. The van der Waals surface area contributed by atoms with Crippen LogP contribution in [0.3, 0.4) is 0 Å². The normalized spacial score (nSPS) is 11.6. The maximum atomic E-state index is 12.6. The van der Waals surface area contributed by atoms with Crippen molar-refractivity contribution >= 4 is 23.6 Å². The number of carbonyl (C=O) groups excluding carboxylic acids is 4. The van der Waals surface area contributed by atoms with Crippen LogP contribution in [-0.4, -0.2) is 134 Å². The fourth-order valence-corrected chi connectivity index (χ4v) is 3.40. The largest absolute Gasteiger partial charge is 0.508 e. The molecule has 1 aromatic carbocycles. The number of methoxy groups -OCH3 is 1. The summed E-state index contributed by atoms with van der Waals surface area (Å²) in [5.74, 6) is -1.19. The van der Waals surface area contributed by atoms with Gasteiger partial charge in [0.2, 0.25) is 23.6 Å².